The smallest absolute Gasteiger partial charge is 0.314 e. The summed E-state index contributed by atoms with van der Waals surface area (Å²) in [6.07, 6.45) is 0.742. The molecule has 0 aromatic carbocycles. The van der Waals surface area contributed by atoms with Gasteiger partial charge in [0, 0.05) is 39.3 Å². The largest absolute Gasteiger partial charge is 0.351 e. The molecular formula is C10H18N4O2. The van der Waals surface area contributed by atoms with E-state index >= 15 is 0 Å². The highest BCUT2D eigenvalue weighted by Crippen LogP contribution is 2.18. The molecule has 3 N–H and O–H groups in total. The summed E-state index contributed by atoms with van der Waals surface area (Å²) in [7, 11) is 0. The molecule has 0 aromatic heterocycles. The molecule has 16 heavy (non-hydrogen) atoms. The van der Waals surface area contributed by atoms with Crippen molar-refractivity contribution in [3.8, 4) is 0 Å². The average Bonchev–Trinajstić information content (AvgIpc) is 2.78. The van der Waals surface area contributed by atoms with Gasteiger partial charge in [0.2, 0.25) is 5.91 Å². The van der Waals surface area contributed by atoms with Gasteiger partial charge >= 0.3 is 6.03 Å². The third-order valence-corrected chi connectivity index (χ3v) is 3.28. The second kappa shape index (κ2) is 4.69. The summed E-state index contributed by atoms with van der Waals surface area (Å²) >= 11 is 0. The van der Waals surface area contributed by atoms with Crippen LogP contribution in [-0.2, 0) is 4.79 Å². The fraction of sp³-hybridized carbons (Fsp3) is 0.800. The molecule has 1 atom stereocenters. The summed E-state index contributed by atoms with van der Waals surface area (Å²) in [5.41, 5.74) is 5.19. The summed E-state index contributed by atoms with van der Waals surface area (Å²) in [4.78, 5) is 26.5. The van der Waals surface area contributed by atoms with Crippen LogP contribution >= 0.6 is 0 Å². The van der Waals surface area contributed by atoms with Crippen molar-refractivity contribution in [3.05, 3.63) is 0 Å². The Morgan fingerprint density at radius 1 is 1.12 bits per heavy atom. The van der Waals surface area contributed by atoms with Gasteiger partial charge in [0.25, 0.3) is 0 Å². The van der Waals surface area contributed by atoms with Crippen LogP contribution in [0, 0.1) is 5.92 Å². The zero-order valence-corrected chi connectivity index (χ0v) is 9.32. The first-order valence-corrected chi connectivity index (χ1v) is 5.72. The van der Waals surface area contributed by atoms with E-state index in [9.17, 15) is 9.59 Å². The highest BCUT2D eigenvalue weighted by Gasteiger charge is 2.33. The van der Waals surface area contributed by atoms with E-state index in [1.807, 2.05) is 4.90 Å². The fourth-order valence-corrected chi connectivity index (χ4v) is 2.31. The van der Waals surface area contributed by atoms with Crippen LogP contribution in [0.4, 0.5) is 4.79 Å². The Kier molecular flexibility index (Phi) is 3.28. The molecule has 6 heteroatoms. The number of hydrogen-bond donors (Lipinski definition) is 2. The van der Waals surface area contributed by atoms with Gasteiger partial charge in [0.1, 0.15) is 0 Å². The Balaban J connectivity index is 1.88. The molecular weight excluding hydrogens is 208 g/mol. The molecule has 2 aliphatic heterocycles. The van der Waals surface area contributed by atoms with E-state index in [1.165, 1.54) is 0 Å². The lowest BCUT2D eigenvalue weighted by atomic mass is 10.1. The monoisotopic (exact) mass is 226 g/mol. The Hall–Kier alpha value is -1.30. The van der Waals surface area contributed by atoms with Crippen LogP contribution in [-0.4, -0.2) is 61.0 Å². The Morgan fingerprint density at radius 3 is 2.38 bits per heavy atom. The molecule has 2 aliphatic rings. The van der Waals surface area contributed by atoms with Crippen LogP contribution in [0.2, 0.25) is 0 Å². The van der Waals surface area contributed by atoms with Crippen molar-refractivity contribution in [2.45, 2.75) is 6.42 Å². The number of nitrogens with zero attached hydrogens (tertiary/aromatic N) is 2. The molecule has 0 bridgehead atoms. The molecule has 2 fully saturated rings. The van der Waals surface area contributed by atoms with Crippen molar-refractivity contribution in [2.24, 2.45) is 11.7 Å². The summed E-state index contributed by atoms with van der Waals surface area (Å²) in [5, 5.41) is 3.21. The molecule has 0 aromatic rings. The highest BCUT2D eigenvalue weighted by molar-refractivity contribution is 5.81. The van der Waals surface area contributed by atoms with Crippen molar-refractivity contribution >= 4 is 11.9 Å². The van der Waals surface area contributed by atoms with Crippen LogP contribution in [0.5, 0.6) is 0 Å². The number of rotatable bonds is 1. The van der Waals surface area contributed by atoms with Gasteiger partial charge in [-0.3, -0.25) is 4.79 Å². The van der Waals surface area contributed by atoms with Crippen LogP contribution < -0.4 is 11.1 Å². The third-order valence-electron chi connectivity index (χ3n) is 3.28. The standard InChI is InChI=1S/C10H18N4O2/c11-10(16)14-4-1-8(7-14)9(15)13-5-2-12-3-6-13/h8,12H,1-7H2,(H2,11,16). The number of nitrogens with two attached hydrogens (primary N) is 1. The molecule has 3 amide bonds. The van der Waals surface area contributed by atoms with E-state index < -0.39 is 6.03 Å². The first kappa shape index (κ1) is 11.2. The molecule has 6 nitrogen and oxygen atoms in total. The van der Waals surface area contributed by atoms with Gasteiger partial charge < -0.3 is 20.9 Å². The summed E-state index contributed by atoms with van der Waals surface area (Å²) in [6, 6.07) is -0.421. The molecule has 0 aliphatic carbocycles. The quantitative estimate of drug-likeness (QED) is 0.590. The maximum Gasteiger partial charge on any atom is 0.314 e. The average molecular weight is 226 g/mol. The predicted molar refractivity (Wildman–Crippen MR) is 58.7 cm³/mol. The van der Waals surface area contributed by atoms with E-state index in [1.54, 1.807) is 4.90 Å². The molecule has 0 spiro atoms. The van der Waals surface area contributed by atoms with Crippen molar-refractivity contribution in [2.75, 3.05) is 39.3 Å². The number of likely N-dealkylation sites (tertiary alicyclic amines) is 1. The van der Waals surface area contributed by atoms with Gasteiger partial charge in [-0.25, -0.2) is 4.79 Å². The number of amides is 3. The second-order valence-electron chi connectivity index (χ2n) is 4.35. The Labute approximate surface area is 94.7 Å². The number of carbonyl (C=O) groups is 2. The minimum Gasteiger partial charge on any atom is -0.351 e. The van der Waals surface area contributed by atoms with Gasteiger partial charge in [-0.2, -0.15) is 0 Å². The van der Waals surface area contributed by atoms with E-state index in [4.69, 9.17) is 5.73 Å². The van der Waals surface area contributed by atoms with E-state index in [2.05, 4.69) is 5.32 Å². The lowest BCUT2D eigenvalue weighted by Crippen LogP contribution is -2.49. The second-order valence-corrected chi connectivity index (χ2v) is 4.35. The lowest BCUT2D eigenvalue weighted by Gasteiger charge is -2.29. The minimum absolute atomic E-state index is 0.0504. The number of nitrogens with one attached hydrogen (secondary N) is 1. The Morgan fingerprint density at radius 2 is 1.81 bits per heavy atom. The molecule has 1 unspecified atom stereocenters. The molecule has 0 saturated carbocycles. The van der Waals surface area contributed by atoms with Crippen molar-refractivity contribution < 1.29 is 9.59 Å². The van der Waals surface area contributed by atoms with Crippen LogP contribution in [0.1, 0.15) is 6.42 Å². The van der Waals surface area contributed by atoms with Crippen LogP contribution in [0.3, 0.4) is 0 Å². The van der Waals surface area contributed by atoms with Gasteiger partial charge in [0.15, 0.2) is 0 Å². The van der Waals surface area contributed by atoms with E-state index in [0.29, 0.717) is 13.1 Å². The normalized spacial score (nSPS) is 25.9. The van der Waals surface area contributed by atoms with E-state index in [0.717, 1.165) is 32.6 Å². The fourth-order valence-electron chi connectivity index (χ4n) is 2.31. The first-order chi connectivity index (χ1) is 7.68. The minimum atomic E-state index is -0.421. The van der Waals surface area contributed by atoms with E-state index in [-0.39, 0.29) is 11.8 Å². The van der Waals surface area contributed by atoms with Gasteiger partial charge in [-0.05, 0) is 6.42 Å². The molecule has 2 saturated heterocycles. The van der Waals surface area contributed by atoms with Crippen LogP contribution in [0.25, 0.3) is 0 Å². The Bertz CT molecular complexity index is 289. The maximum atomic E-state index is 12.1. The topological polar surface area (TPSA) is 78.7 Å². The molecule has 90 valence electrons. The summed E-state index contributed by atoms with van der Waals surface area (Å²) in [5.74, 6) is 0.121. The number of carbonyl (C=O) groups excluding carboxylic acids is 2. The lowest BCUT2D eigenvalue weighted by molar-refractivity contribution is -0.135. The first-order valence-electron chi connectivity index (χ1n) is 5.72. The zero-order chi connectivity index (χ0) is 11.5. The van der Waals surface area contributed by atoms with Crippen molar-refractivity contribution in [1.82, 2.24) is 15.1 Å². The number of urea groups is 1. The number of hydrogen-bond acceptors (Lipinski definition) is 3. The number of primary amides is 1. The highest BCUT2D eigenvalue weighted by atomic mass is 16.2. The molecule has 0 radical (unpaired) electrons. The SMILES string of the molecule is NC(=O)N1CCC(C(=O)N2CCNCC2)C1. The molecule has 2 heterocycles. The van der Waals surface area contributed by atoms with Crippen LogP contribution in [0.15, 0.2) is 0 Å². The van der Waals surface area contributed by atoms with Gasteiger partial charge in [-0.15, -0.1) is 0 Å². The molecule has 2 rings (SSSR count). The van der Waals surface area contributed by atoms with Crippen molar-refractivity contribution in [3.63, 3.8) is 0 Å². The third kappa shape index (κ3) is 2.27. The maximum absolute atomic E-state index is 12.1. The summed E-state index contributed by atoms with van der Waals surface area (Å²) in [6.45, 7) is 4.35. The predicted octanol–water partition coefficient (Wildman–Crippen LogP) is -1.18. The number of piperazine rings is 1. The van der Waals surface area contributed by atoms with Crippen molar-refractivity contribution in [1.29, 1.82) is 0 Å². The van der Waals surface area contributed by atoms with Gasteiger partial charge in [-0.1, -0.05) is 0 Å². The zero-order valence-electron chi connectivity index (χ0n) is 9.32. The summed E-state index contributed by atoms with van der Waals surface area (Å²) < 4.78 is 0. The van der Waals surface area contributed by atoms with Gasteiger partial charge in [0.05, 0.1) is 5.92 Å².